The van der Waals surface area contributed by atoms with Gasteiger partial charge < -0.3 is 5.32 Å². The van der Waals surface area contributed by atoms with E-state index in [0.717, 1.165) is 18.5 Å². The number of aryl methyl sites for hydroxylation is 1. The van der Waals surface area contributed by atoms with Crippen LogP contribution in [-0.4, -0.2) is 25.5 Å². The summed E-state index contributed by atoms with van der Waals surface area (Å²) in [4.78, 5) is 12.4. The van der Waals surface area contributed by atoms with Crippen molar-refractivity contribution in [2.24, 2.45) is 0 Å². The Balaban J connectivity index is 1.77. The topological polar surface area (TPSA) is 64.7 Å². The number of amides is 1. The summed E-state index contributed by atoms with van der Waals surface area (Å²) in [5.41, 5.74) is 0.295. The predicted molar refractivity (Wildman–Crippen MR) is 91.4 cm³/mol. The SMILES string of the molecule is CCn1nccc1C(C)NC(=O)Cn1nc(C(F)(F)F)c(Br)c1C1CC1. The van der Waals surface area contributed by atoms with E-state index in [9.17, 15) is 18.0 Å². The molecule has 2 heterocycles. The molecule has 0 bridgehead atoms. The second kappa shape index (κ2) is 7.05. The molecule has 0 saturated heterocycles. The first-order valence-corrected chi connectivity index (χ1v) is 9.16. The molecule has 1 unspecified atom stereocenters. The monoisotopic (exact) mass is 433 g/mol. The molecule has 26 heavy (non-hydrogen) atoms. The minimum Gasteiger partial charge on any atom is -0.346 e. The van der Waals surface area contributed by atoms with Crippen LogP contribution in [0.3, 0.4) is 0 Å². The highest BCUT2D eigenvalue weighted by molar-refractivity contribution is 9.10. The maximum absolute atomic E-state index is 13.1. The number of carbonyl (C=O) groups is 1. The van der Waals surface area contributed by atoms with Crippen LogP contribution in [0.15, 0.2) is 16.7 Å². The lowest BCUT2D eigenvalue weighted by Crippen LogP contribution is -2.32. The molecular formula is C16H19BrF3N5O. The highest BCUT2D eigenvalue weighted by atomic mass is 79.9. The predicted octanol–water partition coefficient (Wildman–Crippen LogP) is 3.64. The van der Waals surface area contributed by atoms with Gasteiger partial charge in [0.1, 0.15) is 6.54 Å². The minimum absolute atomic E-state index is 0.0136. The molecule has 0 aliphatic heterocycles. The first-order valence-electron chi connectivity index (χ1n) is 8.36. The fraction of sp³-hybridized carbons (Fsp3) is 0.562. The molecule has 1 atom stereocenters. The van der Waals surface area contributed by atoms with E-state index in [2.05, 4.69) is 31.4 Å². The summed E-state index contributed by atoms with van der Waals surface area (Å²) in [5.74, 6) is -0.383. The third-order valence-electron chi connectivity index (χ3n) is 4.33. The van der Waals surface area contributed by atoms with E-state index in [4.69, 9.17) is 0 Å². The molecule has 0 spiro atoms. The third kappa shape index (κ3) is 3.79. The number of alkyl halides is 3. The van der Waals surface area contributed by atoms with Crippen molar-refractivity contribution in [3.8, 4) is 0 Å². The van der Waals surface area contributed by atoms with E-state index in [1.165, 1.54) is 4.68 Å². The highest BCUT2D eigenvalue weighted by Gasteiger charge is 2.42. The normalized spacial score (nSPS) is 15.9. The highest BCUT2D eigenvalue weighted by Crippen LogP contribution is 2.46. The van der Waals surface area contributed by atoms with Crippen LogP contribution in [0.2, 0.25) is 0 Å². The molecule has 1 amide bonds. The number of nitrogens with one attached hydrogen (secondary N) is 1. The van der Waals surface area contributed by atoms with Gasteiger partial charge in [-0.05, 0) is 48.7 Å². The zero-order valence-corrected chi connectivity index (χ0v) is 15.9. The summed E-state index contributed by atoms with van der Waals surface area (Å²) in [6.45, 7) is 4.15. The Labute approximate surface area is 156 Å². The van der Waals surface area contributed by atoms with Crippen molar-refractivity contribution < 1.29 is 18.0 Å². The average molecular weight is 434 g/mol. The Bertz CT molecular complexity index is 809. The van der Waals surface area contributed by atoms with E-state index < -0.39 is 17.8 Å². The van der Waals surface area contributed by atoms with Crippen LogP contribution in [0.1, 0.15) is 55.7 Å². The van der Waals surface area contributed by atoms with Gasteiger partial charge in [0.15, 0.2) is 5.69 Å². The van der Waals surface area contributed by atoms with Crippen LogP contribution in [0, 0.1) is 0 Å². The number of halogens is 4. The lowest BCUT2D eigenvalue weighted by atomic mass is 10.2. The number of aromatic nitrogens is 4. The maximum atomic E-state index is 13.1. The second-order valence-electron chi connectivity index (χ2n) is 6.34. The van der Waals surface area contributed by atoms with E-state index >= 15 is 0 Å². The Hall–Kier alpha value is -1.84. The fourth-order valence-electron chi connectivity index (χ4n) is 2.97. The fourth-order valence-corrected chi connectivity index (χ4v) is 3.81. The lowest BCUT2D eigenvalue weighted by molar-refractivity contribution is -0.142. The number of nitrogens with zero attached hydrogens (tertiary/aromatic N) is 4. The zero-order chi connectivity index (χ0) is 19.1. The van der Waals surface area contributed by atoms with Gasteiger partial charge in [-0.1, -0.05) is 0 Å². The number of rotatable bonds is 6. The first kappa shape index (κ1) is 18.9. The van der Waals surface area contributed by atoms with Crippen molar-refractivity contribution in [1.29, 1.82) is 0 Å². The molecule has 0 radical (unpaired) electrons. The van der Waals surface area contributed by atoms with Crippen LogP contribution >= 0.6 is 15.9 Å². The van der Waals surface area contributed by atoms with E-state index in [1.54, 1.807) is 16.9 Å². The van der Waals surface area contributed by atoms with E-state index in [1.807, 2.05) is 13.8 Å². The maximum Gasteiger partial charge on any atom is 0.436 e. The molecule has 6 nitrogen and oxygen atoms in total. The smallest absolute Gasteiger partial charge is 0.346 e. The van der Waals surface area contributed by atoms with E-state index in [0.29, 0.717) is 12.2 Å². The van der Waals surface area contributed by atoms with Gasteiger partial charge in [-0.25, -0.2) is 0 Å². The molecule has 1 saturated carbocycles. The van der Waals surface area contributed by atoms with Crippen molar-refractivity contribution in [3.63, 3.8) is 0 Å². The summed E-state index contributed by atoms with van der Waals surface area (Å²) in [7, 11) is 0. The second-order valence-corrected chi connectivity index (χ2v) is 7.13. The van der Waals surface area contributed by atoms with Crippen LogP contribution in [0.25, 0.3) is 0 Å². The lowest BCUT2D eigenvalue weighted by Gasteiger charge is -2.16. The average Bonchev–Trinajstić information content (AvgIpc) is 3.15. The summed E-state index contributed by atoms with van der Waals surface area (Å²) in [6, 6.07) is 1.49. The van der Waals surface area contributed by atoms with Gasteiger partial charge in [0.05, 0.1) is 21.9 Å². The summed E-state index contributed by atoms with van der Waals surface area (Å²) in [6.07, 6.45) is -1.32. The Morgan fingerprint density at radius 3 is 2.69 bits per heavy atom. The molecule has 1 fully saturated rings. The molecule has 1 N–H and O–H groups in total. The first-order chi connectivity index (χ1) is 12.2. The van der Waals surface area contributed by atoms with E-state index in [-0.39, 0.29) is 23.0 Å². The number of hydrogen-bond donors (Lipinski definition) is 1. The molecule has 2 aromatic heterocycles. The molecule has 1 aliphatic carbocycles. The van der Waals surface area contributed by atoms with Crippen molar-refractivity contribution in [2.75, 3.05) is 0 Å². The van der Waals surface area contributed by atoms with Gasteiger partial charge in [-0.3, -0.25) is 14.2 Å². The largest absolute Gasteiger partial charge is 0.436 e. The molecule has 1 aliphatic rings. The summed E-state index contributed by atoms with van der Waals surface area (Å²) in [5, 5.41) is 10.6. The van der Waals surface area contributed by atoms with Crippen molar-refractivity contribution in [2.45, 2.75) is 57.9 Å². The van der Waals surface area contributed by atoms with Crippen LogP contribution < -0.4 is 5.32 Å². The van der Waals surface area contributed by atoms with Crippen molar-refractivity contribution in [1.82, 2.24) is 24.9 Å². The zero-order valence-electron chi connectivity index (χ0n) is 14.3. The standard InChI is InChI=1S/C16H19BrF3N5O/c1-3-24-11(6-7-21-24)9(2)22-12(26)8-25-14(10-4-5-10)13(17)15(23-25)16(18,19)20/h6-7,9-10H,3-5,8H2,1-2H3,(H,22,26). The van der Waals surface area contributed by atoms with Gasteiger partial charge in [0.25, 0.3) is 0 Å². The molecule has 10 heteroatoms. The number of hydrogen-bond acceptors (Lipinski definition) is 3. The van der Waals surface area contributed by atoms with Gasteiger partial charge in [0.2, 0.25) is 5.91 Å². The summed E-state index contributed by atoms with van der Waals surface area (Å²) < 4.78 is 42.2. The Morgan fingerprint density at radius 2 is 2.12 bits per heavy atom. The third-order valence-corrected chi connectivity index (χ3v) is 5.11. The van der Waals surface area contributed by atoms with Gasteiger partial charge >= 0.3 is 6.18 Å². The number of carbonyl (C=O) groups excluding carboxylic acids is 1. The quantitative estimate of drug-likeness (QED) is 0.756. The van der Waals surface area contributed by atoms with Gasteiger partial charge in [0, 0.05) is 18.7 Å². The summed E-state index contributed by atoms with van der Waals surface area (Å²) >= 11 is 3.02. The minimum atomic E-state index is -4.56. The molecular weight excluding hydrogens is 415 g/mol. The molecule has 3 rings (SSSR count). The van der Waals surface area contributed by atoms with Gasteiger partial charge in [-0.2, -0.15) is 23.4 Å². The Morgan fingerprint density at radius 1 is 1.42 bits per heavy atom. The van der Waals surface area contributed by atoms with Crippen LogP contribution in [0.4, 0.5) is 13.2 Å². The van der Waals surface area contributed by atoms with Crippen molar-refractivity contribution in [3.05, 3.63) is 33.8 Å². The Kier molecular flexibility index (Phi) is 5.14. The van der Waals surface area contributed by atoms with Crippen LogP contribution in [-0.2, 0) is 24.1 Å². The van der Waals surface area contributed by atoms with Crippen LogP contribution in [0.5, 0.6) is 0 Å². The van der Waals surface area contributed by atoms with Gasteiger partial charge in [-0.15, -0.1) is 0 Å². The molecule has 0 aromatic carbocycles. The molecule has 142 valence electrons. The van der Waals surface area contributed by atoms with Crippen molar-refractivity contribution >= 4 is 21.8 Å². The molecule has 2 aromatic rings.